The summed E-state index contributed by atoms with van der Waals surface area (Å²) in [7, 11) is 0. The molecule has 0 aliphatic heterocycles. The molecule has 0 bridgehead atoms. The first-order valence-electron chi connectivity index (χ1n) is 9.26. The van der Waals surface area contributed by atoms with E-state index in [0.29, 0.717) is 12.2 Å². The number of carbonyl (C=O) groups excluding carboxylic acids is 1. The smallest absolute Gasteiger partial charge is 0.267 e. The molecule has 5 nitrogen and oxygen atoms in total. The van der Waals surface area contributed by atoms with E-state index in [4.69, 9.17) is 13.6 Å². The molecule has 0 radical (unpaired) electrons. The predicted octanol–water partition coefficient (Wildman–Crippen LogP) is 4.77. The van der Waals surface area contributed by atoms with Gasteiger partial charge < -0.3 is 13.6 Å². The Kier molecular flexibility index (Phi) is 5.57. The van der Waals surface area contributed by atoms with Crippen molar-refractivity contribution in [3.63, 3.8) is 0 Å². The van der Waals surface area contributed by atoms with E-state index in [2.05, 4.69) is 0 Å². The fraction of sp³-hybridized carbons (Fsp3) is 0.0833. The molecule has 6 heteroatoms. The van der Waals surface area contributed by atoms with E-state index in [1.165, 1.54) is 24.3 Å². The van der Waals surface area contributed by atoms with E-state index in [0.717, 1.165) is 17.4 Å². The lowest BCUT2D eigenvalue weighted by molar-refractivity contribution is 0.0971. The van der Waals surface area contributed by atoms with E-state index < -0.39 is 11.2 Å². The maximum atomic E-state index is 13.0. The maximum Gasteiger partial charge on any atom is 0.267 e. The summed E-state index contributed by atoms with van der Waals surface area (Å²) < 4.78 is 29.6. The second kappa shape index (κ2) is 8.61. The largest absolute Gasteiger partial charge is 0.481 e. The van der Waals surface area contributed by atoms with Gasteiger partial charge in [-0.1, -0.05) is 42.5 Å². The molecule has 0 aliphatic carbocycles. The van der Waals surface area contributed by atoms with Gasteiger partial charge in [0.05, 0.1) is 6.26 Å². The maximum absolute atomic E-state index is 13.0. The molecule has 0 amide bonds. The number of carbonyl (C=O) groups is 1. The Balaban J connectivity index is 1.55. The van der Waals surface area contributed by atoms with Crippen LogP contribution in [0, 0.1) is 5.82 Å². The summed E-state index contributed by atoms with van der Waals surface area (Å²) in [5.41, 5.74) is 1.22. The number of furan rings is 1. The van der Waals surface area contributed by atoms with Crippen LogP contribution in [0.2, 0.25) is 0 Å². The summed E-state index contributed by atoms with van der Waals surface area (Å²) in [5.74, 6) is -0.762. The Morgan fingerprint density at radius 2 is 1.67 bits per heavy atom. The van der Waals surface area contributed by atoms with Crippen molar-refractivity contribution in [3.05, 3.63) is 124 Å². The second-order valence-electron chi connectivity index (χ2n) is 6.62. The van der Waals surface area contributed by atoms with Gasteiger partial charge in [-0.3, -0.25) is 9.59 Å². The number of ketones is 1. The summed E-state index contributed by atoms with van der Waals surface area (Å²) in [6.07, 6.45) is 1.54. The Hall–Kier alpha value is -3.93. The Labute approximate surface area is 171 Å². The molecule has 4 rings (SSSR count). The van der Waals surface area contributed by atoms with Crippen molar-refractivity contribution in [2.45, 2.75) is 13.0 Å². The van der Waals surface area contributed by atoms with E-state index in [1.54, 1.807) is 18.2 Å². The molecular formula is C24H17FO5. The molecule has 0 fully saturated rings. The van der Waals surface area contributed by atoms with Gasteiger partial charge in [-0.15, -0.1) is 0 Å². The molecule has 150 valence electrons. The van der Waals surface area contributed by atoms with Crippen molar-refractivity contribution in [3.8, 4) is 5.75 Å². The highest BCUT2D eigenvalue weighted by molar-refractivity contribution is 6.06. The van der Waals surface area contributed by atoms with Crippen LogP contribution in [0.1, 0.15) is 33.2 Å². The highest BCUT2D eigenvalue weighted by Crippen LogP contribution is 2.22. The van der Waals surface area contributed by atoms with Gasteiger partial charge in [0.2, 0.25) is 16.9 Å². The SMILES string of the molecule is O=C(c1ccc(Cc2ccc(F)cc2)o1)c1occc(=O)c1OCc1ccccc1. The molecule has 2 aromatic heterocycles. The number of halogens is 1. The van der Waals surface area contributed by atoms with Crippen LogP contribution in [0.15, 0.2) is 92.7 Å². The monoisotopic (exact) mass is 404 g/mol. The topological polar surface area (TPSA) is 69.7 Å². The average Bonchev–Trinajstić information content (AvgIpc) is 3.23. The summed E-state index contributed by atoms with van der Waals surface area (Å²) in [5, 5.41) is 0. The standard InChI is InChI=1S/C24H17FO5/c25-18-8-6-16(7-9-18)14-19-10-11-21(30-19)22(27)24-23(20(26)12-13-28-24)29-15-17-4-2-1-3-5-17/h1-13H,14-15H2. The molecule has 0 saturated carbocycles. The lowest BCUT2D eigenvalue weighted by atomic mass is 10.1. The zero-order chi connectivity index (χ0) is 20.9. The molecule has 30 heavy (non-hydrogen) atoms. The van der Waals surface area contributed by atoms with Gasteiger partial charge in [-0.05, 0) is 35.4 Å². The molecule has 0 aliphatic rings. The van der Waals surface area contributed by atoms with Gasteiger partial charge in [0, 0.05) is 12.5 Å². The molecule has 0 N–H and O–H groups in total. The van der Waals surface area contributed by atoms with Crippen LogP contribution in [0.4, 0.5) is 4.39 Å². The number of benzene rings is 2. The third-order valence-corrected chi connectivity index (χ3v) is 4.44. The van der Waals surface area contributed by atoms with E-state index in [-0.39, 0.29) is 29.7 Å². The third-order valence-electron chi connectivity index (χ3n) is 4.44. The minimum absolute atomic E-state index is 0.0195. The first-order chi connectivity index (χ1) is 14.6. The van der Waals surface area contributed by atoms with Crippen molar-refractivity contribution in [2.24, 2.45) is 0 Å². The van der Waals surface area contributed by atoms with Crippen LogP contribution < -0.4 is 10.2 Å². The lowest BCUT2D eigenvalue weighted by Crippen LogP contribution is -2.13. The van der Waals surface area contributed by atoms with Crippen molar-refractivity contribution < 1.29 is 22.8 Å². The molecule has 0 atom stereocenters. The first kappa shape index (κ1) is 19.4. The predicted molar refractivity (Wildman–Crippen MR) is 107 cm³/mol. The molecule has 4 aromatic rings. The summed E-state index contributed by atoms with van der Waals surface area (Å²) >= 11 is 0. The molecule has 0 unspecified atom stereocenters. The van der Waals surface area contributed by atoms with Gasteiger partial charge in [-0.25, -0.2) is 4.39 Å². The van der Waals surface area contributed by atoms with Crippen LogP contribution in [-0.4, -0.2) is 5.78 Å². The van der Waals surface area contributed by atoms with Gasteiger partial charge in [0.25, 0.3) is 5.78 Å². The molecule has 0 saturated heterocycles. The summed E-state index contributed by atoms with van der Waals surface area (Å²) in [4.78, 5) is 25.2. The molecule has 2 heterocycles. The van der Waals surface area contributed by atoms with E-state index in [9.17, 15) is 14.0 Å². The minimum Gasteiger partial charge on any atom is -0.481 e. The van der Waals surface area contributed by atoms with Gasteiger partial charge in [0.1, 0.15) is 18.2 Å². The van der Waals surface area contributed by atoms with Crippen LogP contribution in [0.3, 0.4) is 0 Å². The van der Waals surface area contributed by atoms with Crippen LogP contribution in [-0.2, 0) is 13.0 Å². The number of rotatable bonds is 7. The quantitative estimate of drug-likeness (QED) is 0.415. The molecule has 2 aromatic carbocycles. The summed E-state index contributed by atoms with van der Waals surface area (Å²) in [6.45, 7) is 0.115. The van der Waals surface area contributed by atoms with Crippen molar-refractivity contribution in [1.82, 2.24) is 0 Å². The Morgan fingerprint density at radius 1 is 0.900 bits per heavy atom. The fourth-order valence-corrected chi connectivity index (χ4v) is 2.94. The van der Waals surface area contributed by atoms with Crippen molar-refractivity contribution in [2.75, 3.05) is 0 Å². The average molecular weight is 404 g/mol. The first-order valence-corrected chi connectivity index (χ1v) is 9.26. The number of ether oxygens (including phenoxy) is 1. The highest BCUT2D eigenvalue weighted by Gasteiger charge is 2.23. The van der Waals surface area contributed by atoms with Crippen molar-refractivity contribution in [1.29, 1.82) is 0 Å². The normalized spacial score (nSPS) is 10.7. The number of hydrogen-bond acceptors (Lipinski definition) is 5. The zero-order valence-electron chi connectivity index (χ0n) is 15.8. The van der Waals surface area contributed by atoms with Crippen LogP contribution >= 0.6 is 0 Å². The Bertz CT molecular complexity index is 1210. The third kappa shape index (κ3) is 4.38. The zero-order valence-corrected chi connectivity index (χ0v) is 15.8. The molecule has 0 spiro atoms. The van der Waals surface area contributed by atoms with Crippen molar-refractivity contribution >= 4 is 5.78 Å². The Morgan fingerprint density at radius 3 is 2.43 bits per heavy atom. The lowest BCUT2D eigenvalue weighted by Gasteiger charge is -2.08. The fourth-order valence-electron chi connectivity index (χ4n) is 2.94. The minimum atomic E-state index is -0.596. The highest BCUT2D eigenvalue weighted by atomic mass is 19.1. The van der Waals surface area contributed by atoms with Crippen LogP contribution in [0.25, 0.3) is 0 Å². The van der Waals surface area contributed by atoms with Gasteiger partial charge in [-0.2, -0.15) is 0 Å². The number of hydrogen-bond donors (Lipinski definition) is 0. The van der Waals surface area contributed by atoms with E-state index >= 15 is 0 Å². The van der Waals surface area contributed by atoms with E-state index in [1.807, 2.05) is 30.3 Å². The van der Waals surface area contributed by atoms with Crippen LogP contribution in [0.5, 0.6) is 5.75 Å². The van der Waals surface area contributed by atoms with Gasteiger partial charge >= 0.3 is 0 Å². The molecular weight excluding hydrogens is 387 g/mol. The summed E-state index contributed by atoms with van der Waals surface area (Å²) in [6, 6.07) is 19.6. The second-order valence-corrected chi connectivity index (χ2v) is 6.62. The van der Waals surface area contributed by atoms with Gasteiger partial charge in [0.15, 0.2) is 5.76 Å².